The van der Waals surface area contributed by atoms with Gasteiger partial charge in [-0.3, -0.25) is 0 Å². The Hall–Kier alpha value is -1.95. The van der Waals surface area contributed by atoms with E-state index in [1.807, 2.05) is 6.92 Å². The van der Waals surface area contributed by atoms with Crippen LogP contribution in [0, 0.1) is 6.92 Å². The molecule has 2 rings (SSSR count). The molecule has 2 aromatic rings. The molecule has 0 unspecified atom stereocenters. The van der Waals surface area contributed by atoms with Gasteiger partial charge in [-0.2, -0.15) is 0 Å². The van der Waals surface area contributed by atoms with Crippen LogP contribution in [0.25, 0.3) is 0 Å². The molecule has 0 aliphatic rings. The smallest absolute Gasteiger partial charge is 0.335 e. The molecular weight excluding hydrogens is 300 g/mol. The van der Waals surface area contributed by atoms with Gasteiger partial charge >= 0.3 is 12.0 Å². The van der Waals surface area contributed by atoms with Gasteiger partial charge in [0.2, 0.25) is 0 Å². The highest BCUT2D eigenvalue weighted by molar-refractivity contribution is 9.10. The molecule has 0 fully saturated rings. The Labute approximate surface area is 112 Å². The fourth-order valence-corrected chi connectivity index (χ4v) is 1.57. The van der Waals surface area contributed by atoms with E-state index in [0.717, 1.165) is 5.56 Å². The first-order valence-electron chi connectivity index (χ1n) is 5.05. The molecule has 92 valence electrons. The fraction of sp³-hybridized carbons (Fsp3) is 0.0833. The number of carboxylic acid groups (broad SMARTS) is 1. The zero-order valence-corrected chi connectivity index (χ0v) is 11.0. The van der Waals surface area contributed by atoms with Gasteiger partial charge in [0.05, 0.1) is 10.0 Å². The van der Waals surface area contributed by atoms with E-state index >= 15 is 0 Å². The molecule has 1 aromatic carbocycles. The van der Waals surface area contributed by atoms with Crippen molar-refractivity contribution in [1.29, 1.82) is 0 Å². The van der Waals surface area contributed by atoms with Crippen LogP contribution in [0.3, 0.4) is 0 Å². The van der Waals surface area contributed by atoms with Crippen LogP contribution in [0.4, 0.5) is 0 Å². The highest BCUT2D eigenvalue weighted by Gasteiger charge is 2.09. The minimum Gasteiger partial charge on any atom is -0.478 e. The number of benzene rings is 1. The normalized spacial score (nSPS) is 10.1. The summed E-state index contributed by atoms with van der Waals surface area (Å²) in [6.07, 6.45) is 3.24. The summed E-state index contributed by atoms with van der Waals surface area (Å²) in [4.78, 5) is 18.8. The average molecular weight is 309 g/mol. The molecular formula is C12H9BrN2O3. The SMILES string of the molecule is Cc1cnc(Oc2cc(C(=O)O)ccc2Br)nc1. The third-order valence-corrected chi connectivity index (χ3v) is 2.79. The summed E-state index contributed by atoms with van der Waals surface area (Å²) in [5.74, 6) is -0.657. The maximum Gasteiger partial charge on any atom is 0.335 e. The summed E-state index contributed by atoms with van der Waals surface area (Å²) in [6, 6.07) is 4.67. The summed E-state index contributed by atoms with van der Waals surface area (Å²) in [6.45, 7) is 1.87. The molecule has 0 saturated heterocycles. The summed E-state index contributed by atoms with van der Waals surface area (Å²) in [5.41, 5.74) is 1.06. The summed E-state index contributed by atoms with van der Waals surface area (Å²) < 4.78 is 6.06. The Balaban J connectivity index is 2.30. The molecule has 6 heteroatoms. The summed E-state index contributed by atoms with van der Waals surface area (Å²) in [7, 11) is 0. The molecule has 5 nitrogen and oxygen atoms in total. The first-order valence-corrected chi connectivity index (χ1v) is 5.85. The van der Waals surface area contributed by atoms with E-state index in [1.54, 1.807) is 18.5 Å². The minimum atomic E-state index is -1.02. The number of hydrogen-bond acceptors (Lipinski definition) is 4. The van der Waals surface area contributed by atoms with E-state index in [0.29, 0.717) is 10.2 Å². The van der Waals surface area contributed by atoms with Gasteiger partial charge in [-0.05, 0) is 46.6 Å². The van der Waals surface area contributed by atoms with E-state index in [-0.39, 0.29) is 11.6 Å². The van der Waals surface area contributed by atoms with Gasteiger partial charge in [0.1, 0.15) is 5.75 Å². The molecule has 0 atom stereocenters. The molecule has 18 heavy (non-hydrogen) atoms. The van der Waals surface area contributed by atoms with Gasteiger partial charge in [0, 0.05) is 12.4 Å². The number of aromatic nitrogens is 2. The molecule has 1 N–H and O–H groups in total. The molecule has 1 aromatic heterocycles. The van der Waals surface area contributed by atoms with Crippen molar-refractivity contribution in [3.8, 4) is 11.8 Å². The Bertz CT molecular complexity index is 584. The van der Waals surface area contributed by atoms with Gasteiger partial charge in [-0.1, -0.05) is 0 Å². The van der Waals surface area contributed by atoms with Crippen molar-refractivity contribution in [3.05, 3.63) is 46.2 Å². The largest absolute Gasteiger partial charge is 0.478 e. The standard InChI is InChI=1S/C12H9BrN2O3/c1-7-5-14-12(15-6-7)18-10-4-8(11(16)17)2-3-9(10)13/h2-6H,1H3,(H,16,17). The zero-order chi connectivity index (χ0) is 13.1. The number of ether oxygens (including phenoxy) is 1. The fourth-order valence-electron chi connectivity index (χ4n) is 1.25. The van der Waals surface area contributed by atoms with E-state index in [4.69, 9.17) is 9.84 Å². The van der Waals surface area contributed by atoms with Crippen molar-refractivity contribution >= 4 is 21.9 Å². The van der Waals surface area contributed by atoms with Gasteiger partial charge < -0.3 is 9.84 Å². The van der Waals surface area contributed by atoms with Crippen LogP contribution in [0.1, 0.15) is 15.9 Å². The molecule has 0 aliphatic heterocycles. The Kier molecular flexibility index (Phi) is 3.57. The quantitative estimate of drug-likeness (QED) is 0.943. The highest BCUT2D eigenvalue weighted by Crippen LogP contribution is 2.29. The van der Waals surface area contributed by atoms with Crippen LogP contribution >= 0.6 is 15.9 Å². The van der Waals surface area contributed by atoms with Crippen LogP contribution in [-0.4, -0.2) is 21.0 Å². The van der Waals surface area contributed by atoms with Gasteiger partial charge in [-0.15, -0.1) is 0 Å². The molecule has 0 radical (unpaired) electrons. The Morgan fingerprint density at radius 3 is 2.61 bits per heavy atom. The molecule has 0 saturated carbocycles. The first kappa shape index (κ1) is 12.5. The molecule has 1 heterocycles. The van der Waals surface area contributed by atoms with Crippen LogP contribution in [0.2, 0.25) is 0 Å². The lowest BCUT2D eigenvalue weighted by molar-refractivity contribution is 0.0696. The average Bonchev–Trinajstić information content (AvgIpc) is 2.34. The highest BCUT2D eigenvalue weighted by atomic mass is 79.9. The topological polar surface area (TPSA) is 72.3 Å². The number of carboxylic acids is 1. The first-order chi connectivity index (χ1) is 8.56. The Morgan fingerprint density at radius 2 is 2.00 bits per heavy atom. The summed E-state index contributed by atoms with van der Waals surface area (Å²) >= 11 is 3.28. The van der Waals surface area contributed by atoms with Crippen molar-refractivity contribution < 1.29 is 14.6 Å². The Morgan fingerprint density at radius 1 is 1.33 bits per heavy atom. The number of nitrogens with zero attached hydrogens (tertiary/aromatic N) is 2. The second kappa shape index (κ2) is 5.14. The maximum absolute atomic E-state index is 10.9. The lowest BCUT2D eigenvalue weighted by atomic mass is 10.2. The van der Waals surface area contributed by atoms with E-state index in [1.165, 1.54) is 12.1 Å². The van der Waals surface area contributed by atoms with Crippen LogP contribution in [0.15, 0.2) is 35.1 Å². The summed E-state index contributed by atoms with van der Waals surface area (Å²) in [5, 5.41) is 8.90. The third kappa shape index (κ3) is 2.84. The van der Waals surface area contributed by atoms with Gasteiger partial charge in [-0.25, -0.2) is 14.8 Å². The van der Waals surface area contributed by atoms with Crippen LogP contribution in [0.5, 0.6) is 11.8 Å². The second-order valence-electron chi connectivity index (χ2n) is 3.60. The minimum absolute atomic E-state index is 0.139. The maximum atomic E-state index is 10.9. The number of hydrogen-bond donors (Lipinski definition) is 1. The molecule has 0 aliphatic carbocycles. The zero-order valence-electron chi connectivity index (χ0n) is 9.42. The van der Waals surface area contributed by atoms with E-state index in [2.05, 4.69) is 25.9 Å². The molecule has 0 spiro atoms. The second-order valence-corrected chi connectivity index (χ2v) is 4.45. The van der Waals surface area contributed by atoms with Crippen molar-refractivity contribution in [2.45, 2.75) is 6.92 Å². The van der Waals surface area contributed by atoms with E-state index < -0.39 is 5.97 Å². The van der Waals surface area contributed by atoms with Crippen LogP contribution in [-0.2, 0) is 0 Å². The third-order valence-electron chi connectivity index (χ3n) is 2.14. The van der Waals surface area contributed by atoms with Crippen molar-refractivity contribution in [3.63, 3.8) is 0 Å². The molecule has 0 amide bonds. The van der Waals surface area contributed by atoms with E-state index in [9.17, 15) is 4.79 Å². The monoisotopic (exact) mass is 308 g/mol. The number of aryl methyl sites for hydroxylation is 1. The predicted molar refractivity (Wildman–Crippen MR) is 67.9 cm³/mol. The van der Waals surface area contributed by atoms with Crippen molar-refractivity contribution in [2.75, 3.05) is 0 Å². The number of halogens is 1. The number of aromatic carboxylic acids is 1. The number of rotatable bonds is 3. The van der Waals surface area contributed by atoms with Crippen molar-refractivity contribution in [1.82, 2.24) is 9.97 Å². The van der Waals surface area contributed by atoms with Crippen LogP contribution < -0.4 is 4.74 Å². The lowest BCUT2D eigenvalue weighted by Crippen LogP contribution is -1.98. The molecule has 0 bridgehead atoms. The van der Waals surface area contributed by atoms with Crippen molar-refractivity contribution in [2.24, 2.45) is 0 Å². The number of carbonyl (C=O) groups is 1. The van der Waals surface area contributed by atoms with Gasteiger partial charge in [0.15, 0.2) is 0 Å². The lowest BCUT2D eigenvalue weighted by Gasteiger charge is -2.06. The van der Waals surface area contributed by atoms with Gasteiger partial charge in [0.25, 0.3) is 0 Å². The predicted octanol–water partition coefficient (Wildman–Crippen LogP) is 3.04.